The van der Waals surface area contributed by atoms with E-state index in [2.05, 4.69) is 5.32 Å². The summed E-state index contributed by atoms with van der Waals surface area (Å²) in [6.45, 7) is 13.2. The highest BCUT2D eigenvalue weighted by atomic mass is 16.7. The third kappa shape index (κ3) is 6.24. The molecule has 31 heavy (non-hydrogen) atoms. The molecule has 0 unspecified atom stereocenters. The Hall–Kier alpha value is -2.52. The summed E-state index contributed by atoms with van der Waals surface area (Å²) in [7, 11) is 0.777. The number of methoxy groups -OCH3 is 1. The molecule has 0 radical (unpaired) electrons. The Morgan fingerprint density at radius 2 is 1.74 bits per heavy atom. The molecule has 1 aromatic carbocycles. The third-order valence-electron chi connectivity index (χ3n) is 5.26. The van der Waals surface area contributed by atoms with Gasteiger partial charge in [0, 0.05) is 12.1 Å². The number of ether oxygens (including phenoxy) is 2. The van der Waals surface area contributed by atoms with Gasteiger partial charge in [-0.05, 0) is 71.6 Å². The van der Waals surface area contributed by atoms with Crippen LogP contribution in [-0.4, -0.2) is 49.6 Å². The molecule has 0 bridgehead atoms. The van der Waals surface area contributed by atoms with Crippen LogP contribution in [0.1, 0.15) is 64.4 Å². The maximum atomic E-state index is 12.2. The number of primary amides is 1. The van der Waals surface area contributed by atoms with Gasteiger partial charge < -0.3 is 29.8 Å². The predicted octanol–water partition coefficient (Wildman–Crippen LogP) is 3.33. The summed E-state index contributed by atoms with van der Waals surface area (Å²) in [5.41, 5.74) is 5.24. The SMILES string of the molecule is COc1ccc(C=C(CNC(=O)OC(C)(C)C)B2OC(C)(C)C(C)(C)O2)c(C(N)=O)c1. The number of hydrogen-bond acceptors (Lipinski definition) is 6. The summed E-state index contributed by atoms with van der Waals surface area (Å²) in [4.78, 5) is 24.2. The van der Waals surface area contributed by atoms with Crippen molar-refractivity contribution in [1.29, 1.82) is 0 Å². The molecular formula is C22H33BN2O6. The van der Waals surface area contributed by atoms with Crippen molar-refractivity contribution < 1.29 is 28.4 Å². The lowest BCUT2D eigenvalue weighted by molar-refractivity contribution is 0.00578. The number of carbonyl (C=O) groups excluding carboxylic acids is 2. The van der Waals surface area contributed by atoms with Crippen molar-refractivity contribution in [1.82, 2.24) is 5.32 Å². The van der Waals surface area contributed by atoms with E-state index in [-0.39, 0.29) is 12.1 Å². The largest absolute Gasteiger partial charge is 0.497 e. The van der Waals surface area contributed by atoms with Crippen LogP contribution in [0.5, 0.6) is 5.75 Å². The summed E-state index contributed by atoms with van der Waals surface area (Å²) in [5, 5.41) is 2.73. The zero-order chi connectivity index (χ0) is 23.6. The Labute approximate surface area is 184 Å². The van der Waals surface area contributed by atoms with Gasteiger partial charge in [-0.15, -0.1) is 0 Å². The Morgan fingerprint density at radius 3 is 2.23 bits per heavy atom. The van der Waals surface area contributed by atoms with Crippen LogP contribution in [0.4, 0.5) is 4.79 Å². The lowest BCUT2D eigenvalue weighted by Gasteiger charge is -2.32. The van der Waals surface area contributed by atoms with E-state index in [0.29, 0.717) is 16.8 Å². The van der Waals surface area contributed by atoms with E-state index in [9.17, 15) is 9.59 Å². The van der Waals surface area contributed by atoms with Crippen LogP contribution in [0.3, 0.4) is 0 Å². The first-order chi connectivity index (χ1) is 14.1. The molecule has 0 aliphatic carbocycles. The summed E-state index contributed by atoms with van der Waals surface area (Å²) in [6, 6.07) is 5.01. The second kappa shape index (κ2) is 8.92. The van der Waals surface area contributed by atoms with Gasteiger partial charge in [0.1, 0.15) is 11.4 Å². The van der Waals surface area contributed by atoms with E-state index in [1.807, 2.05) is 27.7 Å². The Balaban J connectivity index is 2.41. The van der Waals surface area contributed by atoms with Gasteiger partial charge in [-0.25, -0.2) is 4.79 Å². The Kier molecular flexibility index (Phi) is 7.12. The molecule has 1 aromatic rings. The molecule has 1 fully saturated rings. The van der Waals surface area contributed by atoms with Gasteiger partial charge in [0.2, 0.25) is 5.91 Å². The number of nitrogens with two attached hydrogens (primary N) is 1. The lowest BCUT2D eigenvalue weighted by atomic mass is 9.76. The van der Waals surface area contributed by atoms with Crippen LogP contribution >= 0.6 is 0 Å². The molecule has 2 rings (SSSR count). The topological polar surface area (TPSA) is 109 Å². The fourth-order valence-electron chi connectivity index (χ4n) is 2.89. The van der Waals surface area contributed by atoms with Gasteiger partial charge in [-0.3, -0.25) is 4.79 Å². The van der Waals surface area contributed by atoms with Gasteiger partial charge in [-0.2, -0.15) is 0 Å². The highest BCUT2D eigenvalue weighted by Crippen LogP contribution is 2.39. The average molecular weight is 432 g/mol. The van der Waals surface area contributed by atoms with E-state index >= 15 is 0 Å². The van der Waals surface area contributed by atoms with Crippen LogP contribution in [0.15, 0.2) is 23.7 Å². The smallest absolute Gasteiger partial charge is 0.492 e. The zero-order valence-corrected chi connectivity index (χ0v) is 19.6. The van der Waals surface area contributed by atoms with Gasteiger partial charge in [-0.1, -0.05) is 12.1 Å². The number of benzene rings is 1. The Bertz CT molecular complexity index is 857. The molecule has 1 saturated heterocycles. The average Bonchev–Trinajstić information content (AvgIpc) is 2.84. The highest BCUT2D eigenvalue weighted by molar-refractivity contribution is 6.56. The van der Waals surface area contributed by atoms with Crippen molar-refractivity contribution in [2.45, 2.75) is 65.3 Å². The van der Waals surface area contributed by atoms with E-state index in [1.165, 1.54) is 7.11 Å². The zero-order valence-electron chi connectivity index (χ0n) is 19.6. The minimum atomic E-state index is -0.734. The number of nitrogens with one attached hydrogen (secondary N) is 1. The Morgan fingerprint density at radius 1 is 1.16 bits per heavy atom. The van der Waals surface area contributed by atoms with E-state index in [1.54, 1.807) is 45.0 Å². The van der Waals surface area contributed by atoms with Crippen molar-refractivity contribution in [3.8, 4) is 5.75 Å². The maximum absolute atomic E-state index is 12.2. The molecule has 1 heterocycles. The van der Waals surface area contributed by atoms with Crippen molar-refractivity contribution in [2.75, 3.05) is 13.7 Å². The first-order valence-corrected chi connectivity index (χ1v) is 10.2. The lowest BCUT2D eigenvalue weighted by Crippen LogP contribution is -2.41. The van der Waals surface area contributed by atoms with Gasteiger partial charge in [0.25, 0.3) is 0 Å². The quantitative estimate of drug-likeness (QED) is 0.668. The number of rotatable bonds is 6. The molecule has 0 spiro atoms. The van der Waals surface area contributed by atoms with Gasteiger partial charge >= 0.3 is 13.2 Å². The van der Waals surface area contributed by atoms with Gasteiger partial charge in [0.05, 0.1) is 18.3 Å². The molecule has 0 atom stereocenters. The fourth-order valence-corrected chi connectivity index (χ4v) is 2.89. The van der Waals surface area contributed by atoms with Crippen LogP contribution in [-0.2, 0) is 14.0 Å². The molecule has 1 aliphatic rings. The molecule has 2 amide bonds. The maximum Gasteiger partial charge on any atom is 0.492 e. The fraction of sp³-hybridized carbons (Fsp3) is 0.545. The minimum absolute atomic E-state index is 0.0932. The number of amides is 2. The second-order valence-corrected chi connectivity index (χ2v) is 9.48. The monoisotopic (exact) mass is 432 g/mol. The highest BCUT2D eigenvalue weighted by Gasteiger charge is 2.52. The van der Waals surface area contributed by atoms with E-state index in [4.69, 9.17) is 24.5 Å². The number of hydrogen-bond donors (Lipinski definition) is 2. The van der Waals surface area contributed by atoms with Gasteiger partial charge in [0.15, 0.2) is 0 Å². The standard InChI is InChI=1S/C22H33BN2O6/c1-20(2,3)29-19(27)25-13-15(23-30-21(4,5)22(6,7)31-23)11-14-9-10-16(28-8)12-17(14)18(24)26/h9-12H,13H2,1-8H3,(H2,24,26)(H,25,27). The molecule has 0 saturated carbocycles. The van der Waals surface area contributed by atoms with E-state index < -0.39 is 35.9 Å². The van der Waals surface area contributed by atoms with Crippen molar-refractivity contribution >= 4 is 25.2 Å². The summed E-state index contributed by atoms with van der Waals surface area (Å²) < 4.78 is 22.8. The van der Waals surface area contributed by atoms with Crippen molar-refractivity contribution in [2.24, 2.45) is 5.73 Å². The normalized spacial score (nSPS) is 17.9. The summed E-state index contributed by atoms with van der Waals surface area (Å²) in [5.74, 6) is -0.0893. The molecule has 3 N–H and O–H groups in total. The summed E-state index contributed by atoms with van der Waals surface area (Å²) in [6.07, 6.45) is 1.17. The van der Waals surface area contributed by atoms with Crippen molar-refractivity contribution in [3.63, 3.8) is 0 Å². The molecule has 1 aliphatic heterocycles. The molecular weight excluding hydrogens is 399 g/mol. The van der Waals surface area contributed by atoms with Crippen LogP contribution < -0.4 is 15.8 Å². The number of alkyl carbamates (subject to hydrolysis) is 1. The first kappa shape index (κ1) is 24.8. The third-order valence-corrected chi connectivity index (χ3v) is 5.26. The molecule has 0 aromatic heterocycles. The van der Waals surface area contributed by atoms with E-state index in [0.717, 1.165) is 0 Å². The molecule has 170 valence electrons. The molecule has 8 nitrogen and oxygen atoms in total. The van der Waals surface area contributed by atoms with Crippen LogP contribution in [0, 0.1) is 0 Å². The second-order valence-electron chi connectivity index (χ2n) is 9.48. The summed E-state index contributed by atoms with van der Waals surface area (Å²) >= 11 is 0. The van der Waals surface area contributed by atoms with Crippen molar-refractivity contribution in [3.05, 3.63) is 34.8 Å². The van der Waals surface area contributed by atoms with Crippen LogP contribution in [0.25, 0.3) is 6.08 Å². The predicted molar refractivity (Wildman–Crippen MR) is 120 cm³/mol. The minimum Gasteiger partial charge on any atom is -0.497 e. The first-order valence-electron chi connectivity index (χ1n) is 10.2. The molecule has 9 heteroatoms. The van der Waals surface area contributed by atoms with Crippen LogP contribution in [0.2, 0.25) is 0 Å². The number of carbonyl (C=O) groups is 2.